The molecular weight excluding hydrogens is 308 g/mol. The quantitative estimate of drug-likeness (QED) is 0.502. The van der Waals surface area contributed by atoms with Crippen molar-refractivity contribution in [3.8, 4) is 6.07 Å². The van der Waals surface area contributed by atoms with Crippen molar-refractivity contribution >= 4 is 26.9 Å². The minimum atomic E-state index is -3.51. The van der Waals surface area contributed by atoms with Crippen LogP contribution in [0, 0.1) is 21.4 Å². The Balaban J connectivity index is 2.87. The first-order chi connectivity index (χ1) is 10.1. The first-order valence-electron chi connectivity index (χ1n) is 6.26. The highest BCUT2D eigenvalue weighted by atomic mass is 32.2. The first-order valence-corrected chi connectivity index (χ1v) is 7.91. The Bertz CT molecular complexity index is 725. The largest absolute Gasteiger partial charge is 0.278 e. The Morgan fingerprint density at radius 1 is 1.36 bits per heavy atom. The van der Waals surface area contributed by atoms with Crippen molar-refractivity contribution in [2.75, 3.05) is 11.2 Å². The third-order valence-corrected chi connectivity index (χ3v) is 5.31. The monoisotopic (exact) mass is 324 g/mol. The summed E-state index contributed by atoms with van der Waals surface area (Å²) in [6.45, 7) is 4.63. The van der Waals surface area contributed by atoms with E-state index < -0.39 is 25.3 Å². The molecule has 0 fully saturated rings. The molecule has 0 aliphatic carbocycles. The van der Waals surface area contributed by atoms with Gasteiger partial charge >= 0.3 is 0 Å². The Kier molecular flexibility index (Phi) is 5.22. The molecule has 9 heteroatoms. The third-order valence-electron chi connectivity index (χ3n) is 2.79. The van der Waals surface area contributed by atoms with Crippen molar-refractivity contribution in [1.29, 1.82) is 5.26 Å². The van der Waals surface area contributed by atoms with Gasteiger partial charge in [-0.1, -0.05) is 0 Å². The van der Waals surface area contributed by atoms with Crippen molar-refractivity contribution in [3.63, 3.8) is 0 Å². The number of non-ortho nitro benzene ring substituents is 1. The molecule has 0 amide bonds. The lowest BCUT2D eigenvalue weighted by atomic mass is 10.3. The van der Waals surface area contributed by atoms with Gasteiger partial charge in [0.05, 0.1) is 15.4 Å². The van der Waals surface area contributed by atoms with E-state index in [1.165, 1.54) is 24.3 Å². The van der Waals surface area contributed by atoms with Crippen LogP contribution in [0.25, 0.3) is 0 Å². The minimum Gasteiger partial charge on any atom is -0.278 e. The molecule has 0 heterocycles. The zero-order chi connectivity index (χ0) is 17.0. The van der Waals surface area contributed by atoms with Crippen molar-refractivity contribution in [3.05, 3.63) is 34.4 Å². The Hall–Kier alpha value is -2.47. The number of nitrogens with zero attached hydrogens (tertiary/aromatic N) is 3. The summed E-state index contributed by atoms with van der Waals surface area (Å²) in [7, 11) is -3.51. The molecule has 0 spiro atoms. The van der Waals surface area contributed by atoms with Gasteiger partial charge in [-0.2, -0.15) is 10.4 Å². The van der Waals surface area contributed by atoms with Crippen LogP contribution in [0.4, 0.5) is 11.4 Å². The van der Waals surface area contributed by atoms with Gasteiger partial charge in [0.2, 0.25) is 0 Å². The minimum absolute atomic E-state index is 0.0784. The number of hydrogen-bond acceptors (Lipinski definition) is 7. The smallest absolute Gasteiger partial charge is 0.269 e. The van der Waals surface area contributed by atoms with E-state index in [2.05, 4.69) is 10.5 Å². The number of nitrogens with one attached hydrogen (secondary N) is 1. The Morgan fingerprint density at radius 2 is 1.91 bits per heavy atom. The molecule has 118 valence electrons. The van der Waals surface area contributed by atoms with E-state index >= 15 is 0 Å². The normalized spacial score (nSPS) is 12.5. The maximum atomic E-state index is 12.0. The van der Waals surface area contributed by atoms with E-state index in [1.807, 2.05) is 0 Å². The summed E-state index contributed by atoms with van der Waals surface area (Å²) in [5.74, 6) is -0.479. The average Bonchev–Trinajstić information content (AvgIpc) is 2.42. The lowest BCUT2D eigenvalue weighted by Gasteiger charge is -2.18. The van der Waals surface area contributed by atoms with Crippen LogP contribution in [-0.4, -0.2) is 29.6 Å². The molecule has 0 saturated heterocycles. The molecule has 1 aromatic carbocycles. The molecular formula is C13H16N4O4S. The summed E-state index contributed by atoms with van der Waals surface area (Å²) >= 11 is 0. The van der Waals surface area contributed by atoms with Crippen LogP contribution in [0.5, 0.6) is 0 Å². The number of nitriles is 1. The van der Waals surface area contributed by atoms with E-state index in [9.17, 15) is 18.5 Å². The predicted molar refractivity (Wildman–Crippen MR) is 83.3 cm³/mol. The number of rotatable bonds is 5. The second-order valence-corrected chi connectivity index (χ2v) is 8.20. The first kappa shape index (κ1) is 17.6. The molecule has 0 aromatic heterocycles. The Morgan fingerprint density at radius 3 is 2.32 bits per heavy atom. The van der Waals surface area contributed by atoms with Crippen LogP contribution in [0.3, 0.4) is 0 Å². The van der Waals surface area contributed by atoms with Gasteiger partial charge in [-0.3, -0.25) is 15.5 Å². The zero-order valence-corrected chi connectivity index (χ0v) is 13.2. The van der Waals surface area contributed by atoms with Crippen LogP contribution in [0.1, 0.15) is 20.8 Å². The second kappa shape index (κ2) is 6.53. The molecule has 1 N–H and O–H groups in total. The summed E-state index contributed by atoms with van der Waals surface area (Å²) in [5.41, 5.74) is 2.66. The molecule has 0 unspecified atom stereocenters. The van der Waals surface area contributed by atoms with Crippen molar-refractivity contribution < 1.29 is 13.3 Å². The second-order valence-electron chi connectivity index (χ2n) is 5.46. The molecule has 0 aliphatic rings. The van der Waals surface area contributed by atoms with Gasteiger partial charge < -0.3 is 0 Å². The van der Waals surface area contributed by atoms with Crippen LogP contribution in [0.15, 0.2) is 29.4 Å². The van der Waals surface area contributed by atoms with Gasteiger partial charge in [0.1, 0.15) is 11.8 Å². The van der Waals surface area contributed by atoms with Crippen molar-refractivity contribution in [2.24, 2.45) is 5.10 Å². The summed E-state index contributed by atoms with van der Waals surface area (Å²) in [6, 6.07) is 7.10. The lowest BCUT2D eigenvalue weighted by Crippen LogP contribution is -2.33. The van der Waals surface area contributed by atoms with Crippen LogP contribution < -0.4 is 5.43 Å². The van der Waals surface area contributed by atoms with Crippen molar-refractivity contribution in [1.82, 2.24) is 0 Å². The number of nitro benzene ring substituents is 1. The summed E-state index contributed by atoms with van der Waals surface area (Å²) < 4.78 is 23.0. The van der Waals surface area contributed by atoms with Gasteiger partial charge in [-0.15, -0.1) is 0 Å². The summed E-state index contributed by atoms with van der Waals surface area (Å²) in [5, 5.41) is 23.2. The fourth-order valence-electron chi connectivity index (χ4n) is 1.28. The fraction of sp³-hybridized carbons (Fsp3) is 0.385. The maximum Gasteiger partial charge on any atom is 0.269 e. The van der Waals surface area contributed by atoms with Crippen LogP contribution >= 0.6 is 0 Å². The zero-order valence-electron chi connectivity index (χ0n) is 12.4. The highest BCUT2D eigenvalue weighted by molar-refractivity contribution is 7.93. The maximum absolute atomic E-state index is 12.0. The number of sulfone groups is 1. The molecule has 0 radical (unpaired) electrons. The number of benzene rings is 1. The number of hydrazone groups is 1. The van der Waals surface area contributed by atoms with E-state index in [4.69, 9.17) is 5.26 Å². The number of hydrogen-bond donors (Lipinski definition) is 1. The van der Waals surface area contributed by atoms with Crippen LogP contribution in [-0.2, 0) is 9.84 Å². The highest BCUT2D eigenvalue weighted by Crippen LogP contribution is 2.17. The molecule has 0 atom stereocenters. The van der Waals surface area contributed by atoms with Gasteiger partial charge in [0.25, 0.3) is 5.69 Å². The topological polar surface area (TPSA) is 125 Å². The number of anilines is 1. The molecule has 0 aliphatic heterocycles. The molecule has 22 heavy (non-hydrogen) atoms. The van der Waals surface area contributed by atoms with E-state index in [0.717, 1.165) is 0 Å². The molecule has 0 bridgehead atoms. The van der Waals surface area contributed by atoms with Gasteiger partial charge in [0, 0.05) is 12.1 Å². The summed E-state index contributed by atoms with van der Waals surface area (Å²) in [4.78, 5) is 9.99. The molecule has 1 aromatic rings. The predicted octanol–water partition coefficient (Wildman–Crippen LogP) is 2.10. The van der Waals surface area contributed by atoms with E-state index in [0.29, 0.717) is 5.69 Å². The molecule has 8 nitrogen and oxygen atoms in total. The number of nitro groups is 1. The van der Waals surface area contributed by atoms with Gasteiger partial charge in [-0.05, 0) is 32.9 Å². The fourth-order valence-corrected chi connectivity index (χ4v) is 2.20. The van der Waals surface area contributed by atoms with Crippen LogP contribution in [0.2, 0.25) is 0 Å². The Labute approximate surface area is 128 Å². The molecule has 0 saturated carbocycles. The highest BCUT2D eigenvalue weighted by Gasteiger charge is 2.30. The lowest BCUT2D eigenvalue weighted by molar-refractivity contribution is -0.384. The summed E-state index contributed by atoms with van der Waals surface area (Å²) in [6.07, 6.45) is 0. The molecule has 1 rings (SSSR count). The van der Waals surface area contributed by atoms with Gasteiger partial charge in [-0.25, -0.2) is 8.42 Å². The van der Waals surface area contributed by atoms with Gasteiger partial charge in [0.15, 0.2) is 15.5 Å². The average molecular weight is 324 g/mol. The standard InChI is InChI=1S/C13H16N4O4S/c1-13(2,3)22(20,21)9-11(8-14)16-15-10-4-6-12(7-5-10)17(18)19/h4-7,15H,9H2,1-3H3/b16-11+. The van der Waals surface area contributed by atoms with Crippen molar-refractivity contribution in [2.45, 2.75) is 25.5 Å². The van der Waals surface area contributed by atoms with E-state index in [-0.39, 0.29) is 11.4 Å². The SMILES string of the molecule is CC(C)(C)S(=O)(=O)C/C(C#N)=N/Nc1ccc([N+](=O)[O-])cc1. The third kappa shape index (κ3) is 4.53. The van der Waals surface area contributed by atoms with E-state index in [1.54, 1.807) is 26.8 Å².